The van der Waals surface area contributed by atoms with Crippen molar-refractivity contribution in [3.05, 3.63) is 65.5 Å². The Labute approximate surface area is 157 Å². The molecule has 0 atom stereocenters. The van der Waals surface area contributed by atoms with E-state index in [0.29, 0.717) is 13.0 Å². The third kappa shape index (κ3) is 6.77. The monoisotopic (exact) mass is 370 g/mol. The maximum absolute atomic E-state index is 12.1. The first-order chi connectivity index (χ1) is 13.0. The van der Waals surface area contributed by atoms with E-state index >= 15 is 0 Å². The smallest absolute Gasteiger partial charge is 0.335 e. The van der Waals surface area contributed by atoms with E-state index in [2.05, 4.69) is 15.6 Å². The van der Waals surface area contributed by atoms with Gasteiger partial charge in [0.05, 0.1) is 12.1 Å². The molecule has 0 saturated carbocycles. The van der Waals surface area contributed by atoms with Gasteiger partial charge < -0.3 is 20.6 Å². The van der Waals surface area contributed by atoms with Crippen molar-refractivity contribution in [1.29, 1.82) is 0 Å². The maximum Gasteiger partial charge on any atom is 0.335 e. The number of carbonyl (C=O) groups excluding carboxylic acids is 2. The lowest BCUT2D eigenvalue weighted by Gasteiger charge is -2.17. The quantitative estimate of drug-likeness (QED) is 0.648. The van der Waals surface area contributed by atoms with Crippen LogP contribution in [0.1, 0.15) is 21.6 Å². The van der Waals surface area contributed by atoms with E-state index in [4.69, 9.17) is 5.11 Å². The molecule has 0 aliphatic heterocycles. The number of amides is 3. The molecule has 1 aromatic carbocycles. The fourth-order valence-electron chi connectivity index (χ4n) is 2.25. The molecule has 8 heteroatoms. The second-order valence-electron chi connectivity index (χ2n) is 5.92. The van der Waals surface area contributed by atoms with Gasteiger partial charge in [-0.1, -0.05) is 18.2 Å². The Morgan fingerprint density at radius 2 is 1.81 bits per heavy atom. The molecule has 0 fully saturated rings. The highest BCUT2D eigenvalue weighted by molar-refractivity contribution is 5.87. The van der Waals surface area contributed by atoms with E-state index < -0.39 is 12.0 Å². The van der Waals surface area contributed by atoms with Crippen LogP contribution in [0, 0.1) is 0 Å². The van der Waals surface area contributed by atoms with Gasteiger partial charge in [0.2, 0.25) is 5.91 Å². The lowest BCUT2D eigenvalue weighted by Crippen LogP contribution is -2.42. The number of pyridine rings is 1. The van der Waals surface area contributed by atoms with Gasteiger partial charge in [0.1, 0.15) is 0 Å². The molecule has 0 unspecified atom stereocenters. The van der Waals surface area contributed by atoms with Crippen molar-refractivity contribution in [1.82, 2.24) is 20.5 Å². The summed E-state index contributed by atoms with van der Waals surface area (Å²) in [5.41, 5.74) is 1.84. The van der Waals surface area contributed by atoms with Gasteiger partial charge in [0, 0.05) is 38.4 Å². The molecule has 0 radical (unpaired) electrons. The number of hydrogen-bond donors (Lipinski definition) is 3. The van der Waals surface area contributed by atoms with Crippen LogP contribution >= 0.6 is 0 Å². The van der Waals surface area contributed by atoms with Crippen molar-refractivity contribution in [3.8, 4) is 0 Å². The van der Waals surface area contributed by atoms with Crippen LogP contribution in [0.25, 0.3) is 0 Å². The topological polar surface area (TPSA) is 112 Å². The lowest BCUT2D eigenvalue weighted by atomic mass is 10.1. The van der Waals surface area contributed by atoms with Crippen molar-refractivity contribution in [2.75, 3.05) is 20.1 Å². The molecule has 0 aliphatic rings. The fraction of sp³-hybridized carbons (Fsp3) is 0.263. The van der Waals surface area contributed by atoms with Gasteiger partial charge in [0.25, 0.3) is 0 Å². The molecule has 0 spiro atoms. The Hall–Kier alpha value is -3.42. The van der Waals surface area contributed by atoms with E-state index in [1.54, 1.807) is 30.3 Å². The average Bonchev–Trinajstić information content (AvgIpc) is 2.69. The second-order valence-corrected chi connectivity index (χ2v) is 5.92. The minimum atomic E-state index is -1.00. The third-order valence-corrected chi connectivity index (χ3v) is 3.91. The first-order valence-corrected chi connectivity index (χ1v) is 8.43. The molecule has 0 aliphatic carbocycles. The summed E-state index contributed by atoms with van der Waals surface area (Å²) in [6.45, 7) is 0.632. The van der Waals surface area contributed by atoms with Gasteiger partial charge in [0.15, 0.2) is 0 Å². The number of aromatic nitrogens is 1. The molecular formula is C19H22N4O4. The minimum Gasteiger partial charge on any atom is -0.478 e. The number of urea groups is 1. The summed E-state index contributed by atoms with van der Waals surface area (Å²) in [7, 11) is 1.68. The van der Waals surface area contributed by atoms with Gasteiger partial charge >= 0.3 is 12.0 Å². The van der Waals surface area contributed by atoms with Crippen molar-refractivity contribution in [2.24, 2.45) is 0 Å². The second kappa shape index (κ2) is 9.91. The van der Waals surface area contributed by atoms with Crippen LogP contribution in [0.5, 0.6) is 0 Å². The Balaban J connectivity index is 1.68. The number of carboxylic acids is 1. The number of aromatic carboxylic acids is 1. The summed E-state index contributed by atoms with van der Waals surface area (Å²) in [6.07, 6.45) is 2.35. The normalized spacial score (nSPS) is 10.1. The first-order valence-electron chi connectivity index (χ1n) is 8.43. The SMILES string of the molecule is CN(CCc1ccccn1)C(=O)CNC(=O)NCc1ccc(C(=O)O)cc1. The zero-order valence-corrected chi connectivity index (χ0v) is 15.0. The fourth-order valence-corrected chi connectivity index (χ4v) is 2.25. The maximum atomic E-state index is 12.1. The Morgan fingerprint density at radius 3 is 2.44 bits per heavy atom. The van der Waals surface area contributed by atoms with Gasteiger partial charge in [-0.2, -0.15) is 0 Å². The number of nitrogens with zero attached hydrogens (tertiary/aromatic N) is 2. The molecule has 2 rings (SSSR count). The molecule has 1 heterocycles. The highest BCUT2D eigenvalue weighted by Crippen LogP contribution is 2.04. The highest BCUT2D eigenvalue weighted by atomic mass is 16.4. The molecule has 27 heavy (non-hydrogen) atoms. The number of hydrogen-bond acceptors (Lipinski definition) is 4. The predicted octanol–water partition coefficient (Wildman–Crippen LogP) is 1.28. The molecule has 1 aromatic heterocycles. The molecule has 0 saturated heterocycles. The molecule has 2 aromatic rings. The van der Waals surface area contributed by atoms with Crippen LogP contribution in [0.2, 0.25) is 0 Å². The molecule has 142 valence electrons. The van der Waals surface area contributed by atoms with Crippen molar-refractivity contribution in [3.63, 3.8) is 0 Å². The standard InChI is InChI=1S/C19H22N4O4/c1-23(11-9-16-4-2-3-10-20-16)17(24)13-22-19(27)21-12-14-5-7-15(8-6-14)18(25)26/h2-8,10H,9,11-13H2,1H3,(H,25,26)(H2,21,22,27). The Kier molecular flexibility index (Phi) is 7.30. The van der Waals surface area contributed by atoms with Crippen molar-refractivity contribution >= 4 is 17.9 Å². The predicted molar refractivity (Wildman–Crippen MR) is 99.2 cm³/mol. The number of carbonyl (C=O) groups is 3. The summed E-state index contributed by atoms with van der Waals surface area (Å²) in [5.74, 6) is -1.20. The zero-order valence-electron chi connectivity index (χ0n) is 15.0. The van der Waals surface area contributed by atoms with Crippen LogP contribution in [-0.2, 0) is 17.8 Å². The first kappa shape index (κ1) is 19.9. The average molecular weight is 370 g/mol. The van der Waals surface area contributed by atoms with Crippen LogP contribution in [0.3, 0.4) is 0 Å². The van der Waals surface area contributed by atoms with Gasteiger partial charge in [-0.05, 0) is 29.8 Å². The van der Waals surface area contributed by atoms with E-state index in [1.165, 1.54) is 12.1 Å². The third-order valence-electron chi connectivity index (χ3n) is 3.91. The Bertz CT molecular complexity index is 778. The molecule has 3 amide bonds. The molecule has 0 bridgehead atoms. The van der Waals surface area contributed by atoms with E-state index in [-0.39, 0.29) is 24.6 Å². The number of nitrogens with one attached hydrogen (secondary N) is 2. The lowest BCUT2D eigenvalue weighted by molar-refractivity contribution is -0.128. The largest absolute Gasteiger partial charge is 0.478 e. The summed E-state index contributed by atoms with van der Waals surface area (Å²) in [6, 6.07) is 11.3. The Morgan fingerprint density at radius 1 is 1.07 bits per heavy atom. The molecule has 8 nitrogen and oxygen atoms in total. The van der Waals surface area contributed by atoms with E-state index in [1.807, 2.05) is 18.2 Å². The van der Waals surface area contributed by atoms with E-state index in [9.17, 15) is 14.4 Å². The van der Waals surface area contributed by atoms with Gasteiger partial charge in [-0.15, -0.1) is 0 Å². The minimum absolute atomic E-state index is 0.109. The summed E-state index contributed by atoms with van der Waals surface area (Å²) in [4.78, 5) is 40.4. The van der Waals surface area contributed by atoms with Crippen molar-refractivity contribution in [2.45, 2.75) is 13.0 Å². The van der Waals surface area contributed by atoms with Crippen LogP contribution in [0.15, 0.2) is 48.7 Å². The summed E-state index contributed by atoms with van der Waals surface area (Å²) in [5, 5.41) is 14.0. The zero-order chi connectivity index (χ0) is 19.6. The number of rotatable bonds is 8. The van der Waals surface area contributed by atoms with Gasteiger partial charge in [-0.25, -0.2) is 9.59 Å². The van der Waals surface area contributed by atoms with Crippen LogP contribution < -0.4 is 10.6 Å². The van der Waals surface area contributed by atoms with Crippen LogP contribution in [0.4, 0.5) is 4.79 Å². The number of carboxylic acid groups (broad SMARTS) is 1. The van der Waals surface area contributed by atoms with Crippen molar-refractivity contribution < 1.29 is 19.5 Å². The summed E-state index contributed by atoms with van der Waals surface area (Å²) < 4.78 is 0. The number of likely N-dealkylation sites (N-methyl/N-ethyl adjacent to an activating group) is 1. The summed E-state index contributed by atoms with van der Waals surface area (Å²) >= 11 is 0. The molecule has 3 N–H and O–H groups in total. The number of benzene rings is 1. The van der Waals surface area contributed by atoms with E-state index in [0.717, 1.165) is 11.3 Å². The highest BCUT2D eigenvalue weighted by Gasteiger charge is 2.11. The van der Waals surface area contributed by atoms with Crippen LogP contribution in [-0.4, -0.2) is 53.0 Å². The van der Waals surface area contributed by atoms with Gasteiger partial charge in [-0.3, -0.25) is 9.78 Å². The molecular weight excluding hydrogens is 348 g/mol.